The standard InChI is InChI=1S/C19H18N6O/c1-23-19(24-9-5-6-10-24)17(13-21-23)18(26)20-11-15-12-22-25(14-15)16-7-3-2-4-8-16/h2-10,12-14H,11H2,1H3,(H,20,26). The summed E-state index contributed by atoms with van der Waals surface area (Å²) in [6.45, 7) is 0.395. The number of hydrogen-bond acceptors (Lipinski definition) is 3. The molecule has 0 bridgehead atoms. The van der Waals surface area contributed by atoms with Gasteiger partial charge in [-0.1, -0.05) is 18.2 Å². The van der Waals surface area contributed by atoms with Crippen LogP contribution in [0.15, 0.2) is 73.4 Å². The molecule has 0 atom stereocenters. The van der Waals surface area contributed by atoms with Crippen LogP contribution in [-0.2, 0) is 13.6 Å². The SMILES string of the molecule is Cn1ncc(C(=O)NCc2cnn(-c3ccccc3)c2)c1-n1cccc1. The van der Waals surface area contributed by atoms with Crippen molar-refractivity contribution in [3.05, 3.63) is 84.6 Å². The third-order valence-electron chi connectivity index (χ3n) is 4.11. The molecule has 0 radical (unpaired) electrons. The maximum absolute atomic E-state index is 12.6. The maximum atomic E-state index is 12.6. The van der Waals surface area contributed by atoms with Gasteiger partial charge in [-0.05, 0) is 24.3 Å². The van der Waals surface area contributed by atoms with E-state index >= 15 is 0 Å². The second-order valence-electron chi connectivity index (χ2n) is 5.91. The van der Waals surface area contributed by atoms with Crippen LogP contribution in [0.3, 0.4) is 0 Å². The van der Waals surface area contributed by atoms with Crippen LogP contribution in [-0.4, -0.2) is 30.0 Å². The monoisotopic (exact) mass is 346 g/mol. The fourth-order valence-corrected chi connectivity index (χ4v) is 2.82. The summed E-state index contributed by atoms with van der Waals surface area (Å²) < 4.78 is 5.34. The molecule has 0 fully saturated rings. The number of nitrogens with zero attached hydrogens (tertiary/aromatic N) is 5. The molecule has 4 rings (SSSR count). The molecule has 0 spiro atoms. The second kappa shape index (κ2) is 6.72. The minimum Gasteiger partial charge on any atom is -0.348 e. The Bertz CT molecular complexity index is 1010. The number of aromatic nitrogens is 5. The Labute approximate surface area is 150 Å². The highest BCUT2D eigenvalue weighted by Crippen LogP contribution is 2.14. The highest BCUT2D eigenvalue weighted by atomic mass is 16.1. The van der Waals surface area contributed by atoms with Crippen LogP contribution in [0, 0.1) is 0 Å². The maximum Gasteiger partial charge on any atom is 0.256 e. The van der Waals surface area contributed by atoms with E-state index < -0.39 is 0 Å². The Kier molecular flexibility index (Phi) is 4.10. The molecule has 0 saturated carbocycles. The van der Waals surface area contributed by atoms with Gasteiger partial charge in [0.05, 0.1) is 18.1 Å². The summed E-state index contributed by atoms with van der Waals surface area (Å²) in [5.74, 6) is 0.557. The predicted molar refractivity (Wildman–Crippen MR) is 97.3 cm³/mol. The van der Waals surface area contributed by atoms with Crippen molar-refractivity contribution >= 4 is 5.91 Å². The van der Waals surface area contributed by atoms with Crippen LogP contribution in [0.25, 0.3) is 11.5 Å². The number of benzene rings is 1. The summed E-state index contributed by atoms with van der Waals surface area (Å²) in [4.78, 5) is 12.6. The van der Waals surface area contributed by atoms with Crippen molar-refractivity contribution in [2.75, 3.05) is 0 Å². The van der Waals surface area contributed by atoms with E-state index in [9.17, 15) is 4.79 Å². The Hall–Kier alpha value is -3.61. The normalized spacial score (nSPS) is 10.8. The van der Waals surface area contributed by atoms with Crippen LogP contribution in [0.2, 0.25) is 0 Å². The van der Waals surface area contributed by atoms with Gasteiger partial charge in [0.2, 0.25) is 0 Å². The lowest BCUT2D eigenvalue weighted by Gasteiger charge is -2.07. The molecular formula is C19H18N6O. The number of rotatable bonds is 5. The Morgan fingerprint density at radius 2 is 1.81 bits per heavy atom. The fourth-order valence-electron chi connectivity index (χ4n) is 2.82. The molecule has 130 valence electrons. The second-order valence-corrected chi connectivity index (χ2v) is 5.91. The molecule has 0 unspecified atom stereocenters. The van der Waals surface area contributed by atoms with Crippen LogP contribution in [0.4, 0.5) is 0 Å². The van der Waals surface area contributed by atoms with Crippen molar-refractivity contribution in [2.24, 2.45) is 7.05 Å². The molecule has 1 aromatic carbocycles. The molecule has 1 amide bonds. The number of amides is 1. The lowest BCUT2D eigenvalue weighted by atomic mass is 10.2. The van der Waals surface area contributed by atoms with E-state index in [1.807, 2.05) is 72.7 Å². The summed E-state index contributed by atoms with van der Waals surface area (Å²) >= 11 is 0. The van der Waals surface area contributed by atoms with Crippen molar-refractivity contribution in [1.82, 2.24) is 29.4 Å². The lowest BCUT2D eigenvalue weighted by Crippen LogP contribution is -2.23. The van der Waals surface area contributed by atoms with Gasteiger partial charge in [-0.2, -0.15) is 10.2 Å². The van der Waals surface area contributed by atoms with Gasteiger partial charge in [-0.3, -0.25) is 9.48 Å². The molecule has 3 heterocycles. The zero-order chi connectivity index (χ0) is 17.9. The van der Waals surface area contributed by atoms with Crippen molar-refractivity contribution in [3.8, 4) is 11.5 Å². The molecule has 26 heavy (non-hydrogen) atoms. The molecule has 1 N–H and O–H groups in total. The minimum atomic E-state index is -0.172. The Morgan fingerprint density at radius 3 is 2.58 bits per heavy atom. The van der Waals surface area contributed by atoms with Crippen LogP contribution >= 0.6 is 0 Å². The quantitative estimate of drug-likeness (QED) is 0.603. The first kappa shape index (κ1) is 15.9. The van der Waals surface area contributed by atoms with Crippen molar-refractivity contribution < 1.29 is 4.79 Å². The van der Waals surface area contributed by atoms with E-state index in [-0.39, 0.29) is 5.91 Å². The van der Waals surface area contributed by atoms with E-state index in [1.165, 1.54) is 0 Å². The summed E-state index contributed by atoms with van der Waals surface area (Å²) in [6.07, 6.45) is 9.02. The molecule has 4 aromatic rings. The molecule has 0 aliphatic heterocycles. The zero-order valence-electron chi connectivity index (χ0n) is 14.3. The Morgan fingerprint density at radius 1 is 1.04 bits per heavy atom. The van der Waals surface area contributed by atoms with Gasteiger partial charge in [-0.25, -0.2) is 4.68 Å². The topological polar surface area (TPSA) is 69.7 Å². The van der Waals surface area contributed by atoms with E-state index in [0.29, 0.717) is 12.1 Å². The number of nitrogens with one attached hydrogen (secondary N) is 1. The highest BCUT2D eigenvalue weighted by Gasteiger charge is 2.17. The van der Waals surface area contributed by atoms with E-state index in [2.05, 4.69) is 15.5 Å². The van der Waals surface area contributed by atoms with Gasteiger partial charge in [0.1, 0.15) is 11.4 Å². The lowest BCUT2D eigenvalue weighted by molar-refractivity contribution is 0.0951. The van der Waals surface area contributed by atoms with E-state index in [4.69, 9.17) is 0 Å². The molecular weight excluding hydrogens is 328 g/mol. The first-order chi connectivity index (χ1) is 12.7. The van der Waals surface area contributed by atoms with Crippen LogP contribution in [0.1, 0.15) is 15.9 Å². The molecule has 0 saturated heterocycles. The summed E-state index contributed by atoms with van der Waals surface area (Å²) in [6, 6.07) is 13.7. The molecule has 3 aromatic heterocycles. The van der Waals surface area contributed by atoms with E-state index in [1.54, 1.807) is 21.8 Å². The molecule has 7 nitrogen and oxygen atoms in total. The number of para-hydroxylation sites is 1. The summed E-state index contributed by atoms with van der Waals surface area (Å²) in [5.41, 5.74) is 2.43. The predicted octanol–water partition coefficient (Wildman–Crippen LogP) is 2.33. The summed E-state index contributed by atoms with van der Waals surface area (Å²) in [7, 11) is 1.82. The van der Waals surface area contributed by atoms with Gasteiger partial charge < -0.3 is 9.88 Å². The largest absolute Gasteiger partial charge is 0.348 e. The van der Waals surface area contributed by atoms with Gasteiger partial charge >= 0.3 is 0 Å². The third kappa shape index (κ3) is 3.02. The highest BCUT2D eigenvalue weighted by molar-refractivity contribution is 5.97. The number of carbonyl (C=O) groups excluding carboxylic acids is 1. The van der Waals surface area contributed by atoms with Gasteiger partial charge in [0.15, 0.2) is 0 Å². The van der Waals surface area contributed by atoms with E-state index in [0.717, 1.165) is 17.1 Å². The molecule has 7 heteroatoms. The van der Waals surface area contributed by atoms with Crippen molar-refractivity contribution in [2.45, 2.75) is 6.54 Å². The average molecular weight is 346 g/mol. The first-order valence-corrected chi connectivity index (χ1v) is 8.25. The fraction of sp³-hybridized carbons (Fsp3) is 0.105. The number of carbonyl (C=O) groups is 1. The number of hydrogen-bond donors (Lipinski definition) is 1. The summed E-state index contributed by atoms with van der Waals surface area (Å²) in [5, 5.41) is 11.5. The average Bonchev–Trinajstić information content (AvgIpc) is 3.41. The smallest absolute Gasteiger partial charge is 0.256 e. The van der Waals surface area contributed by atoms with Crippen molar-refractivity contribution in [1.29, 1.82) is 0 Å². The zero-order valence-corrected chi connectivity index (χ0v) is 14.3. The molecule has 0 aliphatic carbocycles. The van der Waals surface area contributed by atoms with Gasteiger partial charge in [-0.15, -0.1) is 0 Å². The van der Waals surface area contributed by atoms with Crippen molar-refractivity contribution in [3.63, 3.8) is 0 Å². The van der Waals surface area contributed by atoms with Gasteiger partial charge in [0.25, 0.3) is 5.91 Å². The molecule has 0 aliphatic rings. The Balaban J connectivity index is 1.48. The first-order valence-electron chi connectivity index (χ1n) is 8.25. The number of aryl methyl sites for hydroxylation is 1. The minimum absolute atomic E-state index is 0.172. The van der Waals surface area contributed by atoms with Crippen LogP contribution in [0.5, 0.6) is 0 Å². The third-order valence-corrected chi connectivity index (χ3v) is 4.11. The van der Waals surface area contributed by atoms with Crippen LogP contribution < -0.4 is 5.32 Å². The van der Waals surface area contributed by atoms with Gasteiger partial charge in [0, 0.05) is 37.7 Å².